The number of rotatable bonds is 12. The van der Waals surface area contributed by atoms with Crippen LogP contribution in [0.1, 0.15) is 73.4 Å². The Hall–Kier alpha value is -5.81. The first-order valence-corrected chi connectivity index (χ1v) is 21.0. The zero-order valence-corrected chi connectivity index (χ0v) is 33.8. The molecule has 0 bridgehead atoms. The van der Waals surface area contributed by atoms with E-state index in [4.69, 9.17) is 28.7 Å². The van der Waals surface area contributed by atoms with Gasteiger partial charge in [0.1, 0.15) is 23.6 Å². The lowest BCUT2D eigenvalue weighted by Gasteiger charge is -2.36. The number of hydrogen-bond donors (Lipinski definition) is 1. The monoisotopic (exact) mass is 807 g/mol. The van der Waals surface area contributed by atoms with Crippen molar-refractivity contribution in [3.63, 3.8) is 0 Å². The molecule has 4 heterocycles. The van der Waals surface area contributed by atoms with E-state index in [0.29, 0.717) is 48.7 Å². The zero-order chi connectivity index (χ0) is 40.9. The molecule has 3 aliphatic rings. The number of nitrogens with one attached hydrogen (secondary N) is 1. The summed E-state index contributed by atoms with van der Waals surface area (Å²) in [5.74, 6) is 0.175. The van der Waals surface area contributed by atoms with E-state index in [1.54, 1.807) is 6.07 Å². The van der Waals surface area contributed by atoms with Crippen molar-refractivity contribution in [3.05, 3.63) is 162 Å². The van der Waals surface area contributed by atoms with Gasteiger partial charge in [0, 0.05) is 36.8 Å². The highest BCUT2D eigenvalue weighted by atomic mass is 19.1. The second kappa shape index (κ2) is 17.8. The molecule has 2 aromatic heterocycles. The number of aromatic nitrogens is 2. The Morgan fingerprint density at radius 3 is 2.12 bits per heavy atom. The van der Waals surface area contributed by atoms with Gasteiger partial charge in [0.05, 0.1) is 37.5 Å². The topological polar surface area (TPSA) is 93.1 Å². The Labute approximate surface area is 350 Å². The number of benzene rings is 4. The van der Waals surface area contributed by atoms with Gasteiger partial charge in [-0.3, -0.25) is 4.57 Å². The molecule has 60 heavy (non-hydrogen) atoms. The molecule has 3 unspecified atom stereocenters. The van der Waals surface area contributed by atoms with Crippen LogP contribution in [-0.4, -0.2) is 60.8 Å². The highest BCUT2D eigenvalue weighted by Gasteiger charge is 2.40. The molecule has 308 valence electrons. The van der Waals surface area contributed by atoms with Gasteiger partial charge >= 0.3 is 6.09 Å². The molecule has 9 rings (SSSR count). The second-order valence-corrected chi connectivity index (χ2v) is 15.8. The molecule has 1 N–H and O–H groups in total. The molecule has 2 saturated heterocycles. The van der Waals surface area contributed by atoms with E-state index >= 15 is 4.39 Å². The predicted molar refractivity (Wildman–Crippen MR) is 229 cm³/mol. The molecule has 9 nitrogen and oxygen atoms in total. The third-order valence-electron chi connectivity index (χ3n) is 12.0. The smallest absolute Gasteiger partial charge is 0.407 e. The minimum absolute atomic E-state index is 0.0485. The van der Waals surface area contributed by atoms with E-state index in [1.165, 1.54) is 12.7 Å². The molecule has 6 aromatic rings. The Kier molecular flexibility index (Phi) is 11.8. The van der Waals surface area contributed by atoms with Gasteiger partial charge in [0.25, 0.3) is 0 Å². The average molecular weight is 808 g/mol. The summed E-state index contributed by atoms with van der Waals surface area (Å²) in [6.07, 6.45) is 6.71. The molecule has 0 radical (unpaired) electrons. The lowest BCUT2D eigenvalue weighted by Crippen LogP contribution is -2.35. The lowest BCUT2D eigenvalue weighted by atomic mass is 9.80. The van der Waals surface area contributed by atoms with Crippen LogP contribution in [0.3, 0.4) is 0 Å². The fourth-order valence-corrected chi connectivity index (χ4v) is 8.94. The number of alkyl carbamates (subject to hydrolysis) is 1. The van der Waals surface area contributed by atoms with Crippen molar-refractivity contribution in [1.82, 2.24) is 14.9 Å². The van der Waals surface area contributed by atoms with Crippen LogP contribution in [-0.2, 0) is 24.5 Å². The van der Waals surface area contributed by atoms with E-state index in [2.05, 4.69) is 47.8 Å². The Morgan fingerprint density at radius 1 is 0.850 bits per heavy atom. The molecular formula is C50H50FN3O6. The quantitative estimate of drug-likeness (QED) is 0.123. The summed E-state index contributed by atoms with van der Waals surface area (Å²) in [6, 6.07) is 42.4. The maximum atomic E-state index is 16.2. The van der Waals surface area contributed by atoms with E-state index in [-0.39, 0.29) is 30.2 Å². The number of carbonyl (C=O) groups excluding carboxylic acids is 1. The number of fused-ring (bicyclic) bond motifs is 1. The van der Waals surface area contributed by atoms with Crippen molar-refractivity contribution in [3.8, 4) is 17.1 Å². The number of halogens is 1. The summed E-state index contributed by atoms with van der Waals surface area (Å²) in [6.45, 7) is 1.35. The number of nitrogens with zero attached hydrogens (tertiary/aromatic N) is 2. The highest BCUT2D eigenvalue weighted by Crippen LogP contribution is 2.42. The third-order valence-corrected chi connectivity index (χ3v) is 12.0. The van der Waals surface area contributed by atoms with E-state index in [1.807, 2.05) is 89.5 Å². The predicted octanol–water partition coefficient (Wildman–Crippen LogP) is 10.4. The number of methoxy groups -OCH3 is 1. The van der Waals surface area contributed by atoms with Crippen molar-refractivity contribution in [1.29, 1.82) is 0 Å². The number of carbonyl (C=O) groups is 1. The molecule has 1 aliphatic carbocycles. The number of allylic oxidation sites excluding steroid dienone is 1. The van der Waals surface area contributed by atoms with Crippen molar-refractivity contribution in [2.24, 2.45) is 0 Å². The number of pyridine rings is 1. The van der Waals surface area contributed by atoms with Crippen LogP contribution < -0.4 is 10.1 Å². The summed E-state index contributed by atoms with van der Waals surface area (Å²) >= 11 is 0. The highest BCUT2D eigenvalue weighted by molar-refractivity contribution is 5.82. The van der Waals surface area contributed by atoms with Gasteiger partial charge < -0.3 is 29.0 Å². The molecule has 0 saturated carbocycles. The molecule has 2 fully saturated rings. The van der Waals surface area contributed by atoms with Crippen LogP contribution in [0.5, 0.6) is 5.88 Å². The number of amides is 1. The summed E-state index contributed by atoms with van der Waals surface area (Å²) in [5.41, 5.74) is 6.76. The van der Waals surface area contributed by atoms with Gasteiger partial charge in [0.15, 0.2) is 11.7 Å². The summed E-state index contributed by atoms with van der Waals surface area (Å²) in [4.78, 5) is 16.5. The average Bonchev–Trinajstić information content (AvgIpc) is 3.91. The Bertz CT molecular complexity index is 2320. The molecule has 4 aromatic carbocycles. The molecule has 4 atom stereocenters. The fraction of sp³-hybridized carbons (Fsp3) is 0.320. The van der Waals surface area contributed by atoms with Crippen LogP contribution in [0.2, 0.25) is 0 Å². The van der Waals surface area contributed by atoms with Crippen molar-refractivity contribution in [2.45, 2.75) is 75.0 Å². The molecule has 2 aliphatic heterocycles. The lowest BCUT2D eigenvalue weighted by molar-refractivity contribution is -0.0461. The SMILES string of the molecule is COC(=O)NC1CC=C(c2ccc(-c3nc4cc(O[C@@H]5COC(COC(c6ccccc6)(c6ccccc6)c6ccccc6)C5)n(C5CCCCO5)c4cc3F)cc2)CC1. The van der Waals surface area contributed by atoms with Crippen LogP contribution in [0.4, 0.5) is 9.18 Å². The van der Waals surface area contributed by atoms with Crippen molar-refractivity contribution >= 4 is 22.7 Å². The molecule has 1 amide bonds. The van der Waals surface area contributed by atoms with Gasteiger partial charge in [-0.25, -0.2) is 14.2 Å². The van der Waals surface area contributed by atoms with Crippen LogP contribution in [0.25, 0.3) is 27.9 Å². The van der Waals surface area contributed by atoms with Crippen molar-refractivity contribution in [2.75, 3.05) is 26.9 Å². The van der Waals surface area contributed by atoms with Gasteiger partial charge in [-0.2, -0.15) is 0 Å². The number of ether oxygens (including phenoxy) is 5. The third kappa shape index (κ3) is 8.19. The Balaban J connectivity index is 0.948. The summed E-state index contributed by atoms with van der Waals surface area (Å²) in [5, 5.41) is 2.88. The van der Waals surface area contributed by atoms with Crippen LogP contribution in [0.15, 0.2) is 133 Å². The molecule has 10 heteroatoms. The first-order chi connectivity index (χ1) is 29.5. The molecular weight excluding hydrogens is 758 g/mol. The standard InChI is InChI=1S/C50H50FN3O6/c1-56-49(55)52-40-26-24-35(25-27-40)34-20-22-36(23-21-34)48-43(51)30-45-44(53-48)31-47(54(45)46-19-11-12-28-57-46)60-42-29-41(58-32-42)33-59-50(37-13-5-2-6-14-37,38-15-7-3-8-16-38)39-17-9-4-10-18-39/h2-10,13-18,20-24,30-31,40-42,46H,11-12,19,25-29,32-33H2,1H3,(H,52,55)/t40?,41?,42-,46?/m0/s1. The maximum absolute atomic E-state index is 16.2. The minimum atomic E-state index is -0.855. The Morgan fingerprint density at radius 2 is 1.52 bits per heavy atom. The maximum Gasteiger partial charge on any atom is 0.407 e. The van der Waals surface area contributed by atoms with Gasteiger partial charge in [0.2, 0.25) is 0 Å². The second-order valence-electron chi connectivity index (χ2n) is 15.8. The summed E-state index contributed by atoms with van der Waals surface area (Å²) in [7, 11) is 1.37. The van der Waals surface area contributed by atoms with Gasteiger partial charge in [-0.05, 0) is 66.4 Å². The van der Waals surface area contributed by atoms with Gasteiger partial charge in [-0.1, -0.05) is 121 Å². The summed E-state index contributed by atoms with van der Waals surface area (Å²) < 4.78 is 49.4. The van der Waals surface area contributed by atoms with Crippen molar-refractivity contribution < 1.29 is 32.9 Å². The van der Waals surface area contributed by atoms with Gasteiger partial charge in [-0.15, -0.1) is 0 Å². The van der Waals surface area contributed by atoms with E-state index < -0.39 is 17.5 Å². The van der Waals surface area contributed by atoms with Crippen LogP contribution >= 0.6 is 0 Å². The first kappa shape index (κ1) is 39.6. The largest absolute Gasteiger partial charge is 0.473 e. The minimum Gasteiger partial charge on any atom is -0.473 e. The molecule has 0 spiro atoms. The van der Waals surface area contributed by atoms with E-state index in [9.17, 15) is 4.79 Å². The fourth-order valence-electron chi connectivity index (χ4n) is 8.94. The van der Waals surface area contributed by atoms with Crippen LogP contribution in [0, 0.1) is 5.82 Å². The first-order valence-electron chi connectivity index (χ1n) is 21.0. The zero-order valence-electron chi connectivity index (χ0n) is 33.8. The van der Waals surface area contributed by atoms with E-state index in [0.717, 1.165) is 60.8 Å². The number of hydrogen-bond acceptors (Lipinski definition) is 7. The normalized spacial score (nSPS) is 20.7.